The van der Waals surface area contributed by atoms with Gasteiger partial charge in [0.2, 0.25) is 5.89 Å². The first-order chi connectivity index (χ1) is 10.6. The van der Waals surface area contributed by atoms with Crippen molar-refractivity contribution in [2.24, 2.45) is 0 Å². The van der Waals surface area contributed by atoms with E-state index in [0.717, 1.165) is 24.6 Å². The van der Waals surface area contributed by atoms with Gasteiger partial charge in [-0.1, -0.05) is 18.9 Å². The van der Waals surface area contributed by atoms with Gasteiger partial charge in [-0.3, -0.25) is 0 Å². The number of nitrogens with zero attached hydrogens (tertiary/aromatic N) is 4. The van der Waals surface area contributed by atoms with Crippen LogP contribution in [0.1, 0.15) is 49.8 Å². The van der Waals surface area contributed by atoms with Gasteiger partial charge in [0.25, 0.3) is 0 Å². The topological polar surface area (TPSA) is 67.1 Å². The highest BCUT2D eigenvalue weighted by Gasteiger charge is 2.15. The van der Waals surface area contributed by atoms with Crippen LogP contribution in [0.4, 0.5) is 11.8 Å². The van der Waals surface area contributed by atoms with Crippen LogP contribution in [-0.2, 0) is 6.54 Å². The standard InChI is InChI=1S/C16H23N5O/c1-11(2)15-19-20-16(22-15)17-10-13-8-12(3)18-14(9-13)21-6-4-5-7-21/h8-9,11H,4-7,10H2,1-3H3,(H,17,20). The molecule has 1 aliphatic rings. The fourth-order valence-electron chi connectivity index (χ4n) is 2.65. The smallest absolute Gasteiger partial charge is 0.315 e. The molecule has 6 nitrogen and oxygen atoms in total. The molecule has 1 saturated heterocycles. The third-order valence-electron chi connectivity index (χ3n) is 3.81. The van der Waals surface area contributed by atoms with Crippen molar-refractivity contribution in [3.8, 4) is 0 Å². The molecule has 0 aromatic carbocycles. The van der Waals surface area contributed by atoms with E-state index in [1.807, 2.05) is 20.8 Å². The number of pyridine rings is 1. The lowest BCUT2D eigenvalue weighted by Crippen LogP contribution is -2.19. The van der Waals surface area contributed by atoms with Crippen LogP contribution in [-0.4, -0.2) is 28.3 Å². The first-order valence-corrected chi connectivity index (χ1v) is 7.91. The van der Waals surface area contributed by atoms with Gasteiger partial charge in [0, 0.05) is 31.2 Å². The minimum Gasteiger partial charge on any atom is -0.408 e. The maximum Gasteiger partial charge on any atom is 0.315 e. The second-order valence-corrected chi connectivity index (χ2v) is 6.12. The highest BCUT2D eigenvalue weighted by molar-refractivity contribution is 5.44. The third-order valence-corrected chi connectivity index (χ3v) is 3.81. The molecule has 0 aliphatic carbocycles. The first kappa shape index (κ1) is 14.8. The summed E-state index contributed by atoms with van der Waals surface area (Å²) in [6.07, 6.45) is 2.51. The summed E-state index contributed by atoms with van der Waals surface area (Å²) >= 11 is 0. The Morgan fingerprint density at radius 1 is 1.23 bits per heavy atom. The molecule has 118 valence electrons. The zero-order valence-electron chi connectivity index (χ0n) is 13.5. The van der Waals surface area contributed by atoms with Gasteiger partial charge >= 0.3 is 6.01 Å². The highest BCUT2D eigenvalue weighted by Crippen LogP contribution is 2.21. The van der Waals surface area contributed by atoms with E-state index >= 15 is 0 Å². The van der Waals surface area contributed by atoms with Crippen LogP contribution in [0, 0.1) is 6.92 Å². The molecule has 2 aromatic rings. The number of rotatable bonds is 5. The summed E-state index contributed by atoms with van der Waals surface area (Å²) in [5, 5.41) is 11.2. The third kappa shape index (κ3) is 3.37. The molecule has 1 aliphatic heterocycles. The van der Waals surface area contributed by atoms with E-state index in [4.69, 9.17) is 4.42 Å². The molecule has 0 saturated carbocycles. The number of hydrogen-bond acceptors (Lipinski definition) is 6. The predicted octanol–water partition coefficient (Wildman–Crippen LogP) is 3.11. The van der Waals surface area contributed by atoms with Crippen molar-refractivity contribution in [1.29, 1.82) is 0 Å². The van der Waals surface area contributed by atoms with Crippen molar-refractivity contribution in [2.75, 3.05) is 23.3 Å². The molecule has 22 heavy (non-hydrogen) atoms. The van der Waals surface area contributed by atoms with E-state index in [2.05, 4.69) is 37.5 Å². The van der Waals surface area contributed by atoms with Gasteiger partial charge in [-0.25, -0.2) is 4.98 Å². The summed E-state index contributed by atoms with van der Waals surface area (Å²) in [5.74, 6) is 1.97. The van der Waals surface area contributed by atoms with Gasteiger partial charge in [-0.05, 0) is 37.5 Å². The lowest BCUT2D eigenvalue weighted by atomic mass is 10.2. The molecule has 1 fully saturated rings. The highest BCUT2D eigenvalue weighted by atomic mass is 16.4. The van der Waals surface area contributed by atoms with E-state index < -0.39 is 0 Å². The van der Waals surface area contributed by atoms with Gasteiger partial charge in [-0.15, -0.1) is 5.10 Å². The summed E-state index contributed by atoms with van der Waals surface area (Å²) in [4.78, 5) is 6.99. The quantitative estimate of drug-likeness (QED) is 0.915. The van der Waals surface area contributed by atoms with Crippen LogP contribution >= 0.6 is 0 Å². The molecule has 3 rings (SSSR count). The molecule has 0 amide bonds. The number of aryl methyl sites for hydroxylation is 1. The molecule has 0 radical (unpaired) electrons. The average Bonchev–Trinajstić information content (AvgIpc) is 3.16. The summed E-state index contributed by atoms with van der Waals surface area (Å²) in [5.41, 5.74) is 2.22. The maximum absolute atomic E-state index is 5.57. The molecule has 0 bridgehead atoms. The summed E-state index contributed by atoms with van der Waals surface area (Å²) in [6, 6.07) is 4.71. The summed E-state index contributed by atoms with van der Waals surface area (Å²) in [7, 11) is 0. The van der Waals surface area contributed by atoms with E-state index in [1.54, 1.807) is 0 Å². The second-order valence-electron chi connectivity index (χ2n) is 6.12. The minimum absolute atomic E-state index is 0.244. The van der Waals surface area contributed by atoms with Crippen molar-refractivity contribution < 1.29 is 4.42 Å². The van der Waals surface area contributed by atoms with Crippen LogP contribution in [0.15, 0.2) is 16.5 Å². The van der Waals surface area contributed by atoms with Crippen LogP contribution in [0.5, 0.6) is 0 Å². The molecule has 3 heterocycles. The van der Waals surface area contributed by atoms with E-state index in [9.17, 15) is 0 Å². The molecule has 0 atom stereocenters. The molecule has 0 spiro atoms. The Hall–Kier alpha value is -2.11. The lowest BCUT2D eigenvalue weighted by molar-refractivity contribution is 0.480. The molecule has 0 unspecified atom stereocenters. The molecular formula is C16H23N5O. The van der Waals surface area contributed by atoms with Gasteiger partial charge in [0.05, 0.1) is 0 Å². The molecular weight excluding hydrogens is 278 g/mol. The Morgan fingerprint density at radius 2 is 2.00 bits per heavy atom. The maximum atomic E-state index is 5.57. The van der Waals surface area contributed by atoms with Gasteiger partial charge < -0.3 is 14.6 Å². The largest absolute Gasteiger partial charge is 0.408 e. The van der Waals surface area contributed by atoms with Crippen molar-refractivity contribution in [2.45, 2.75) is 46.1 Å². The Morgan fingerprint density at radius 3 is 2.68 bits per heavy atom. The fourth-order valence-corrected chi connectivity index (χ4v) is 2.65. The summed E-state index contributed by atoms with van der Waals surface area (Å²) < 4.78 is 5.57. The number of aromatic nitrogens is 3. The minimum atomic E-state index is 0.244. The van der Waals surface area contributed by atoms with Crippen molar-refractivity contribution in [1.82, 2.24) is 15.2 Å². The zero-order chi connectivity index (χ0) is 15.5. The van der Waals surface area contributed by atoms with Gasteiger partial charge in [0.15, 0.2) is 0 Å². The second kappa shape index (κ2) is 6.34. The van der Waals surface area contributed by atoms with E-state index in [-0.39, 0.29) is 5.92 Å². The van der Waals surface area contributed by atoms with E-state index in [1.165, 1.54) is 18.4 Å². The number of nitrogens with one attached hydrogen (secondary N) is 1. The van der Waals surface area contributed by atoms with Crippen molar-refractivity contribution in [3.63, 3.8) is 0 Å². The number of hydrogen-bond donors (Lipinski definition) is 1. The Kier molecular flexibility index (Phi) is 4.27. The Labute approximate surface area is 130 Å². The normalized spacial score (nSPS) is 14.8. The predicted molar refractivity (Wildman–Crippen MR) is 86.1 cm³/mol. The monoisotopic (exact) mass is 301 g/mol. The fraction of sp³-hybridized carbons (Fsp3) is 0.562. The van der Waals surface area contributed by atoms with Crippen molar-refractivity contribution >= 4 is 11.8 Å². The van der Waals surface area contributed by atoms with Crippen molar-refractivity contribution in [3.05, 3.63) is 29.3 Å². The van der Waals surface area contributed by atoms with Gasteiger partial charge in [0.1, 0.15) is 5.82 Å². The SMILES string of the molecule is Cc1cc(CNc2nnc(C(C)C)o2)cc(N2CCCC2)n1. The summed E-state index contributed by atoms with van der Waals surface area (Å²) in [6.45, 7) is 8.96. The Bertz CT molecular complexity index is 631. The molecule has 6 heteroatoms. The molecule has 1 N–H and O–H groups in total. The van der Waals surface area contributed by atoms with Crippen LogP contribution in [0.2, 0.25) is 0 Å². The molecule has 2 aromatic heterocycles. The Balaban J connectivity index is 1.68. The first-order valence-electron chi connectivity index (χ1n) is 7.91. The average molecular weight is 301 g/mol. The van der Waals surface area contributed by atoms with Crippen LogP contribution in [0.25, 0.3) is 0 Å². The lowest BCUT2D eigenvalue weighted by Gasteiger charge is -2.18. The van der Waals surface area contributed by atoms with Crippen LogP contribution < -0.4 is 10.2 Å². The number of anilines is 2. The van der Waals surface area contributed by atoms with Crippen LogP contribution in [0.3, 0.4) is 0 Å². The van der Waals surface area contributed by atoms with E-state index in [0.29, 0.717) is 18.5 Å². The zero-order valence-corrected chi connectivity index (χ0v) is 13.5. The van der Waals surface area contributed by atoms with Gasteiger partial charge in [-0.2, -0.15) is 0 Å².